The second kappa shape index (κ2) is 10.7. The molecule has 5 rings (SSSR count). The number of nitrogens with one attached hydrogen (secondary N) is 1. The number of nitrogens with zero attached hydrogens (tertiary/aromatic N) is 5. The van der Waals surface area contributed by atoms with Crippen LogP contribution < -0.4 is 5.56 Å². The number of hydrogen-bond acceptors (Lipinski definition) is 5. The van der Waals surface area contributed by atoms with Crippen LogP contribution in [0.5, 0.6) is 0 Å². The van der Waals surface area contributed by atoms with Gasteiger partial charge in [-0.3, -0.25) is 9.69 Å². The van der Waals surface area contributed by atoms with Gasteiger partial charge in [-0.15, -0.1) is 5.10 Å². The number of aromatic amines is 1. The zero-order valence-electron chi connectivity index (χ0n) is 21.5. The number of H-pyrrole nitrogens is 1. The molecule has 0 radical (unpaired) electrons. The Kier molecular flexibility index (Phi) is 7.28. The summed E-state index contributed by atoms with van der Waals surface area (Å²) in [5.74, 6) is 1.18. The zero-order chi connectivity index (χ0) is 25.1. The Morgan fingerprint density at radius 1 is 1.08 bits per heavy atom. The van der Waals surface area contributed by atoms with Gasteiger partial charge in [-0.05, 0) is 71.2 Å². The van der Waals surface area contributed by atoms with E-state index in [2.05, 4.69) is 81.7 Å². The fourth-order valence-corrected chi connectivity index (χ4v) is 5.66. The minimum absolute atomic E-state index is 0.0118. The number of rotatable bonds is 9. The molecule has 4 aromatic rings. The standard InChI is InChI=1S/C29H36N6O/c1-20(2)27(28-31-32-33-35(28)16-15-22-9-5-4-6-10-22)34(25-11-7-8-12-25)19-24-18-23-14-13-21(3)17-26(23)30-29(24)36/h4-6,9-10,13-14,17-18,20,25,27H,7-8,11-12,15-16,19H2,1-3H3,(H,30,36)/t27-/m0/s1. The molecule has 1 aliphatic carbocycles. The fraction of sp³-hybridized carbons (Fsp3) is 0.448. The molecule has 0 bridgehead atoms. The minimum atomic E-state index is -0.0118. The van der Waals surface area contributed by atoms with Crippen LogP contribution in [0, 0.1) is 12.8 Å². The second-order valence-corrected chi connectivity index (χ2v) is 10.5. The van der Waals surface area contributed by atoms with Crippen molar-refractivity contribution in [1.29, 1.82) is 0 Å². The highest BCUT2D eigenvalue weighted by Gasteiger charge is 2.35. The van der Waals surface area contributed by atoms with Crippen molar-refractivity contribution in [3.05, 3.63) is 87.5 Å². The molecule has 1 aliphatic rings. The Morgan fingerprint density at radius 3 is 2.61 bits per heavy atom. The molecular formula is C29H36N6O. The third-order valence-electron chi connectivity index (χ3n) is 7.49. The molecule has 7 nitrogen and oxygen atoms in total. The van der Waals surface area contributed by atoms with Crippen molar-refractivity contribution < 1.29 is 0 Å². The average Bonchev–Trinajstić information content (AvgIpc) is 3.56. The molecule has 1 N–H and O–H groups in total. The van der Waals surface area contributed by atoms with Gasteiger partial charge in [0.2, 0.25) is 0 Å². The molecule has 2 aromatic carbocycles. The highest BCUT2D eigenvalue weighted by molar-refractivity contribution is 5.79. The Hall–Kier alpha value is -3.32. The van der Waals surface area contributed by atoms with Crippen LogP contribution in [0.2, 0.25) is 0 Å². The smallest absolute Gasteiger partial charge is 0.252 e. The Labute approximate surface area is 212 Å². The predicted octanol–water partition coefficient (Wildman–Crippen LogP) is 5.21. The third-order valence-corrected chi connectivity index (χ3v) is 7.49. The number of aromatic nitrogens is 5. The number of aryl methyl sites for hydroxylation is 3. The van der Waals surface area contributed by atoms with Crippen LogP contribution in [0.4, 0.5) is 0 Å². The first kappa shape index (κ1) is 24.4. The molecule has 0 unspecified atom stereocenters. The van der Waals surface area contributed by atoms with Crippen LogP contribution in [-0.4, -0.2) is 36.1 Å². The summed E-state index contributed by atoms with van der Waals surface area (Å²) in [6, 6.07) is 19.2. The molecule has 36 heavy (non-hydrogen) atoms. The van der Waals surface area contributed by atoms with E-state index in [1.807, 2.05) is 23.7 Å². The third kappa shape index (κ3) is 5.26. The first-order chi connectivity index (χ1) is 17.5. The van der Waals surface area contributed by atoms with Crippen molar-refractivity contribution in [2.45, 2.75) is 78.0 Å². The summed E-state index contributed by atoms with van der Waals surface area (Å²) >= 11 is 0. The molecule has 0 aliphatic heterocycles. The summed E-state index contributed by atoms with van der Waals surface area (Å²) in [6.45, 7) is 7.82. The summed E-state index contributed by atoms with van der Waals surface area (Å²) in [4.78, 5) is 18.8. The van der Waals surface area contributed by atoms with E-state index in [1.165, 1.54) is 18.4 Å². The van der Waals surface area contributed by atoms with Gasteiger partial charge in [-0.25, -0.2) is 4.68 Å². The number of pyridine rings is 1. The van der Waals surface area contributed by atoms with Crippen LogP contribution >= 0.6 is 0 Å². The van der Waals surface area contributed by atoms with Gasteiger partial charge in [0.05, 0.1) is 6.04 Å². The maximum absolute atomic E-state index is 13.2. The summed E-state index contributed by atoms with van der Waals surface area (Å²) < 4.78 is 1.97. The molecule has 0 spiro atoms. The summed E-state index contributed by atoms with van der Waals surface area (Å²) in [7, 11) is 0. The van der Waals surface area contributed by atoms with Crippen molar-refractivity contribution >= 4 is 10.9 Å². The number of hydrogen-bond donors (Lipinski definition) is 1. The molecule has 188 valence electrons. The van der Waals surface area contributed by atoms with Crippen molar-refractivity contribution in [2.75, 3.05) is 0 Å². The highest BCUT2D eigenvalue weighted by atomic mass is 16.1. The topological polar surface area (TPSA) is 79.7 Å². The van der Waals surface area contributed by atoms with Crippen LogP contribution in [0.25, 0.3) is 10.9 Å². The van der Waals surface area contributed by atoms with Gasteiger partial charge in [-0.1, -0.05) is 69.2 Å². The maximum atomic E-state index is 13.2. The largest absolute Gasteiger partial charge is 0.322 e. The van der Waals surface area contributed by atoms with Gasteiger partial charge in [-0.2, -0.15) is 0 Å². The van der Waals surface area contributed by atoms with Crippen molar-refractivity contribution in [3.63, 3.8) is 0 Å². The maximum Gasteiger partial charge on any atom is 0.252 e. The van der Waals surface area contributed by atoms with Crippen molar-refractivity contribution in [1.82, 2.24) is 30.1 Å². The van der Waals surface area contributed by atoms with E-state index in [0.29, 0.717) is 12.6 Å². The Balaban J connectivity index is 1.48. The van der Waals surface area contributed by atoms with Gasteiger partial charge >= 0.3 is 0 Å². The van der Waals surface area contributed by atoms with E-state index in [1.54, 1.807) is 0 Å². The monoisotopic (exact) mass is 484 g/mol. The van der Waals surface area contributed by atoms with Gasteiger partial charge in [0.1, 0.15) is 0 Å². The molecule has 7 heteroatoms. The van der Waals surface area contributed by atoms with Gasteiger partial charge in [0.15, 0.2) is 5.82 Å². The molecule has 2 aromatic heterocycles. The van der Waals surface area contributed by atoms with Gasteiger partial charge in [0, 0.05) is 30.2 Å². The average molecular weight is 485 g/mol. The normalized spacial score (nSPS) is 15.4. The van der Waals surface area contributed by atoms with Crippen LogP contribution in [-0.2, 0) is 19.5 Å². The van der Waals surface area contributed by atoms with Crippen molar-refractivity contribution in [2.24, 2.45) is 5.92 Å². The van der Waals surface area contributed by atoms with Gasteiger partial charge < -0.3 is 4.98 Å². The molecule has 2 heterocycles. The summed E-state index contributed by atoms with van der Waals surface area (Å²) in [5.41, 5.74) is 4.09. The summed E-state index contributed by atoms with van der Waals surface area (Å²) in [6.07, 6.45) is 5.59. The number of benzene rings is 2. The molecule has 1 fully saturated rings. The van der Waals surface area contributed by atoms with Crippen LogP contribution in [0.15, 0.2) is 59.4 Å². The molecule has 0 amide bonds. The summed E-state index contributed by atoms with van der Waals surface area (Å²) in [5, 5.41) is 14.1. The lowest BCUT2D eigenvalue weighted by molar-refractivity contribution is 0.0840. The van der Waals surface area contributed by atoms with E-state index < -0.39 is 0 Å². The highest BCUT2D eigenvalue weighted by Crippen LogP contribution is 2.36. The molecule has 0 saturated heterocycles. The predicted molar refractivity (Wildman–Crippen MR) is 143 cm³/mol. The van der Waals surface area contributed by atoms with Crippen molar-refractivity contribution in [3.8, 4) is 0 Å². The molecular weight excluding hydrogens is 448 g/mol. The Bertz CT molecular complexity index is 1350. The lowest BCUT2D eigenvalue weighted by atomic mass is 9.97. The van der Waals surface area contributed by atoms with E-state index in [4.69, 9.17) is 0 Å². The molecule has 1 saturated carbocycles. The first-order valence-corrected chi connectivity index (χ1v) is 13.2. The van der Waals surface area contributed by atoms with Crippen LogP contribution in [0.1, 0.15) is 68.1 Å². The van der Waals surface area contributed by atoms with E-state index in [9.17, 15) is 4.79 Å². The quantitative estimate of drug-likeness (QED) is 0.353. The first-order valence-electron chi connectivity index (χ1n) is 13.2. The zero-order valence-corrected chi connectivity index (χ0v) is 21.5. The van der Waals surface area contributed by atoms with E-state index >= 15 is 0 Å². The Morgan fingerprint density at radius 2 is 1.86 bits per heavy atom. The van der Waals surface area contributed by atoms with E-state index in [0.717, 1.165) is 53.7 Å². The number of tetrazole rings is 1. The lowest BCUT2D eigenvalue weighted by Crippen LogP contribution is -2.41. The fourth-order valence-electron chi connectivity index (χ4n) is 5.66. The van der Waals surface area contributed by atoms with E-state index in [-0.39, 0.29) is 17.5 Å². The van der Waals surface area contributed by atoms with Gasteiger partial charge in [0.25, 0.3) is 5.56 Å². The molecule has 1 atom stereocenters. The SMILES string of the molecule is Cc1ccc2cc(CN(C3CCCC3)[C@H](c3nnnn3CCc3ccccc3)C(C)C)c(=O)[nH]c2c1. The number of fused-ring (bicyclic) bond motifs is 1. The lowest BCUT2D eigenvalue weighted by Gasteiger charge is -2.38. The van der Waals surface area contributed by atoms with Crippen LogP contribution in [0.3, 0.4) is 0 Å². The second-order valence-electron chi connectivity index (χ2n) is 10.5. The minimum Gasteiger partial charge on any atom is -0.322 e.